The van der Waals surface area contributed by atoms with E-state index in [1.165, 1.54) is 0 Å². The molecular weight excluding hydrogens is 170 g/mol. The zero-order valence-electron chi connectivity index (χ0n) is 5.16. The van der Waals surface area contributed by atoms with E-state index in [0.29, 0.717) is 0 Å². The lowest BCUT2D eigenvalue weighted by atomic mass is 10.2. The van der Waals surface area contributed by atoms with Gasteiger partial charge in [-0.25, -0.2) is 0 Å². The van der Waals surface area contributed by atoms with Crippen molar-refractivity contribution in [2.45, 2.75) is 10.8 Å². The van der Waals surface area contributed by atoms with Gasteiger partial charge in [0.05, 0.1) is 0 Å². The van der Waals surface area contributed by atoms with Crippen LogP contribution in [0.5, 0.6) is 0 Å². The van der Waals surface area contributed by atoms with Crippen molar-refractivity contribution in [3.63, 3.8) is 0 Å². The van der Waals surface area contributed by atoms with Gasteiger partial charge >= 0.3 is 0 Å². The number of nitrogens with zero attached hydrogens (tertiary/aromatic N) is 1. The molecule has 0 spiro atoms. The minimum absolute atomic E-state index is 0.0371. The molecule has 0 bridgehead atoms. The average molecular weight is 176 g/mol. The smallest absolute Gasteiger partial charge is 0.248 e. The second-order valence-corrected chi connectivity index (χ2v) is 3.88. The monoisotopic (exact) mass is 175 g/mol. The fourth-order valence-electron chi connectivity index (χ4n) is 1.08. The number of halogens is 1. The standard InChI is InChI=1S/C6H6ClNOS/c7-4-5(9)8-2-1-3-10-6(4)8/h1-2,4,6H,3H2/t4?,6-/m0/s1. The number of carbonyl (C=O) groups is 1. The number of rotatable bonds is 0. The van der Waals surface area contributed by atoms with E-state index in [2.05, 4.69) is 0 Å². The van der Waals surface area contributed by atoms with Crippen LogP contribution in [0.4, 0.5) is 0 Å². The molecule has 0 saturated carbocycles. The van der Waals surface area contributed by atoms with Crippen molar-refractivity contribution in [2.75, 3.05) is 5.75 Å². The van der Waals surface area contributed by atoms with Gasteiger partial charge in [-0.1, -0.05) is 6.08 Å². The number of thioether (sulfide) groups is 1. The Hall–Kier alpha value is -0.150. The van der Waals surface area contributed by atoms with Crippen molar-refractivity contribution in [1.29, 1.82) is 0 Å². The summed E-state index contributed by atoms with van der Waals surface area (Å²) in [5.74, 6) is 1.01. The molecule has 0 radical (unpaired) electrons. The van der Waals surface area contributed by atoms with Gasteiger partial charge in [0.1, 0.15) is 10.8 Å². The van der Waals surface area contributed by atoms with E-state index in [1.54, 1.807) is 16.7 Å². The van der Waals surface area contributed by atoms with E-state index >= 15 is 0 Å². The molecule has 1 amide bonds. The molecule has 0 aromatic rings. The third-order valence-corrected chi connectivity index (χ3v) is 3.44. The van der Waals surface area contributed by atoms with Gasteiger partial charge in [-0.05, 0) is 0 Å². The van der Waals surface area contributed by atoms with Crippen molar-refractivity contribution in [3.05, 3.63) is 12.3 Å². The highest BCUT2D eigenvalue weighted by Crippen LogP contribution is 2.36. The topological polar surface area (TPSA) is 20.3 Å². The summed E-state index contributed by atoms with van der Waals surface area (Å²) in [4.78, 5) is 12.6. The molecular formula is C6H6ClNOS. The molecule has 2 aliphatic heterocycles. The Morgan fingerprint density at radius 2 is 2.60 bits per heavy atom. The lowest BCUT2D eigenvalue weighted by Crippen LogP contribution is -2.58. The molecule has 0 aromatic carbocycles. The van der Waals surface area contributed by atoms with Crippen molar-refractivity contribution >= 4 is 29.3 Å². The van der Waals surface area contributed by atoms with Gasteiger partial charge in [-0.2, -0.15) is 0 Å². The van der Waals surface area contributed by atoms with Crippen LogP contribution in [0.2, 0.25) is 0 Å². The highest BCUT2D eigenvalue weighted by molar-refractivity contribution is 8.00. The fraction of sp³-hybridized carbons (Fsp3) is 0.500. The van der Waals surface area contributed by atoms with Crippen LogP contribution in [0.3, 0.4) is 0 Å². The van der Waals surface area contributed by atoms with Crippen LogP contribution in [0.15, 0.2) is 12.3 Å². The van der Waals surface area contributed by atoms with E-state index in [-0.39, 0.29) is 16.7 Å². The van der Waals surface area contributed by atoms with Crippen LogP contribution in [0, 0.1) is 0 Å². The van der Waals surface area contributed by atoms with E-state index in [1.807, 2.05) is 12.3 Å². The maximum absolute atomic E-state index is 10.9. The molecule has 54 valence electrons. The molecule has 0 aliphatic carbocycles. The summed E-state index contributed by atoms with van der Waals surface area (Å²) in [7, 11) is 0. The molecule has 2 heterocycles. The van der Waals surface area contributed by atoms with Gasteiger partial charge < -0.3 is 4.90 Å². The van der Waals surface area contributed by atoms with Crippen LogP contribution in [0.25, 0.3) is 0 Å². The Labute approximate surface area is 68.2 Å². The van der Waals surface area contributed by atoms with Crippen molar-refractivity contribution in [1.82, 2.24) is 4.90 Å². The first kappa shape index (κ1) is 6.55. The van der Waals surface area contributed by atoms with E-state index < -0.39 is 0 Å². The number of β-lactam (4-membered cyclic amide) rings is 1. The van der Waals surface area contributed by atoms with Crippen LogP contribution < -0.4 is 0 Å². The zero-order valence-corrected chi connectivity index (χ0v) is 6.73. The van der Waals surface area contributed by atoms with Crippen LogP contribution in [0.1, 0.15) is 0 Å². The Bertz CT molecular complexity index is 206. The zero-order chi connectivity index (χ0) is 7.14. The van der Waals surface area contributed by atoms with Gasteiger partial charge in [0, 0.05) is 12.0 Å². The lowest BCUT2D eigenvalue weighted by molar-refractivity contribution is -0.136. The molecule has 0 N–H and O–H groups in total. The maximum Gasteiger partial charge on any atom is 0.248 e. The highest BCUT2D eigenvalue weighted by atomic mass is 35.5. The van der Waals surface area contributed by atoms with Gasteiger partial charge in [0.15, 0.2) is 0 Å². The first-order chi connectivity index (χ1) is 4.80. The Morgan fingerprint density at radius 1 is 1.80 bits per heavy atom. The average Bonchev–Trinajstić information content (AvgIpc) is 2.03. The van der Waals surface area contributed by atoms with E-state index in [0.717, 1.165) is 5.75 Å². The van der Waals surface area contributed by atoms with Crippen molar-refractivity contribution in [2.24, 2.45) is 0 Å². The maximum atomic E-state index is 10.9. The van der Waals surface area contributed by atoms with Crippen LogP contribution in [-0.4, -0.2) is 27.3 Å². The largest absolute Gasteiger partial charge is 0.303 e. The van der Waals surface area contributed by atoms with Crippen molar-refractivity contribution in [3.8, 4) is 0 Å². The summed E-state index contributed by atoms with van der Waals surface area (Å²) < 4.78 is 0. The SMILES string of the molecule is O=C1C(Cl)[C@@H]2SCC=CN12. The minimum Gasteiger partial charge on any atom is -0.303 e. The summed E-state index contributed by atoms with van der Waals surface area (Å²) in [5, 5.41) is -0.0749. The molecule has 2 nitrogen and oxygen atoms in total. The first-order valence-corrected chi connectivity index (χ1v) is 4.54. The Balaban J connectivity index is 2.18. The van der Waals surface area contributed by atoms with Gasteiger partial charge in [0.25, 0.3) is 0 Å². The van der Waals surface area contributed by atoms with Gasteiger partial charge in [-0.15, -0.1) is 23.4 Å². The molecule has 0 aromatic heterocycles. The lowest BCUT2D eigenvalue weighted by Gasteiger charge is -2.43. The van der Waals surface area contributed by atoms with Gasteiger partial charge in [-0.3, -0.25) is 4.79 Å². The number of amides is 1. The second kappa shape index (κ2) is 2.17. The number of hydrogen-bond donors (Lipinski definition) is 0. The molecule has 2 rings (SSSR count). The quantitative estimate of drug-likeness (QED) is 0.405. The Morgan fingerprint density at radius 3 is 3.30 bits per heavy atom. The number of carbonyl (C=O) groups excluding carboxylic acids is 1. The summed E-state index contributed by atoms with van der Waals surface area (Å²) in [5.41, 5.74) is 0. The molecule has 10 heavy (non-hydrogen) atoms. The molecule has 1 unspecified atom stereocenters. The molecule has 4 heteroatoms. The first-order valence-electron chi connectivity index (χ1n) is 3.05. The second-order valence-electron chi connectivity index (χ2n) is 2.26. The number of alkyl halides is 1. The minimum atomic E-state index is -0.282. The highest BCUT2D eigenvalue weighted by Gasteiger charge is 2.46. The normalized spacial score (nSPS) is 37.3. The summed E-state index contributed by atoms with van der Waals surface area (Å²) in [6.45, 7) is 0. The summed E-state index contributed by atoms with van der Waals surface area (Å²) in [6.07, 6.45) is 3.80. The van der Waals surface area contributed by atoms with Crippen molar-refractivity contribution < 1.29 is 4.79 Å². The molecule has 1 fully saturated rings. The number of fused-ring (bicyclic) bond motifs is 1. The fourth-order valence-corrected chi connectivity index (χ4v) is 2.55. The van der Waals surface area contributed by atoms with Crippen LogP contribution >= 0.6 is 23.4 Å². The molecule has 2 aliphatic rings. The van der Waals surface area contributed by atoms with Crippen LogP contribution in [-0.2, 0) is 4.79 Å². The molecule has 1 saturated heterocycles. The predicted molar refractivity (Wildman–Crippen MR) is 41.9 cm³/mol. The predicted octanol–water partition coefficient (Wildman–Crippen LogP) is 1.02. The summed E-state index contributed by atoms with van der Waals surface area (Å²) in [6, 6.07) is 0. The van der Waals surface area contributed by atoms with Gasteiger partial charge in [0.2, 0.25) is 5.91 Å². The molecule has 2 atom stereocenters. The third-order valence-electron chi connectivity index (χ3n) is 1.64. The number of hydrogen-bond acceptors (Lipinski definition) is 2. The summed E-state index contributed by atoms with van der Waals surface area (Å²) >= 11 is 7.44. The van der Waals surface area contributed by atoms with E-state index in [9.17, 15) is 4.79 Å². The third kappa shape index (κ3) is 0.705. The Kier molecular flexibility index (Phi) is 1.42. The van der Waals surface area contributed by atoms with E-state index in [4.69, 9.17) is 11.6 Å².